The molecule has 3 aliphatic heterocycles. The molecule has 1 aromatic heterocycles. The second-order valence-corrected chi connectivity index (χ2v) is 14.1. The van der Waals surface area contributed by atoms with Crippen molar-refractivity contribution in [2.75, 3.05) is 9.80 Å². The van der Waals surface area contributed by atoms with Crippen LogP contribution in [0.25, 0.3) is 68.1 Å². The van der Waals surface area contributed by atoms with Gasteiger partial charge < -0.3 is 19.0 Å². The molecule has 252 valence electrons. The number of anilines is 6. The lowest BCUT2D eigenvalue weighted by Crippen LogP contribution is -2.12. The van der Waals surface area contributed by atoms with E-state index in [1.807, 2.05) is 0 Å². The Morgan fingerprint density at radius 1 is 0.352 bits per heavy atom. The van der Waals surface area contributed by atoms with Gasteiger partial charge in [0.2, 0.25) is 0 Å². The second-order valence-electron chi connectivity index (χ2n) is 14.1. The highest BCUT2D eigenvalue weighted by Crippen LogP contribution is 2.53. The molecule has 0 fully saturated rings. The molecule has 0 amide bonds. The normalized spacial score (nSPS) is 13.5. The van der Waals surface area contributed by atoms with Crippen LogP contribution in [0.4, 0.5) is 34.1 Å². The van der Waals surface area contributed by atoms with Gasteiger partial charge in [-0.25, -0.2) is 0 Å². The molecule has 3 aliphatic rings. The number of nitrogens with zero attached hydrogens (tertiary/aromatic N) is 2. The Hall–Kier alpha value is -7.30. The fraction of sp³-hybridized carbons (Fsp3) is 0. The van der Waals surface area contributed by atoms with Gasteiger partial charge in [-0.15, -0.1) is 0 Å². The fourth-order valence-corrected chi connectivity index (χ4v) is 8.72. The van der Waals surface area contributed by atoms with Gasteiger partial charge in [0.05, 0.1) is 22.7 Å². The number of hydrogen-bond acceptors (Lipinski definition) is 4. The highest BCUT2D eigenvalue weighted by atomic mass is 16.5. The standard InChI is InChI=1S/C50H30N2O2/c1-5-15-41-31(10-1)20-21-32-11-2-6-16-42(32)51(41)35-24-26-37-40-30-48-49(39-14-9-19-45(50(39)40)53-46(37)28-35)38-27-25-36(29-47(38)54-48)52-43-17-7-3-12-33(43)22-23-34-13-4-8-18-44(34)52/h1-30H. The van der Waals surface area contributed by atoms with Gasteiger partial charge in [0, 0.05) is 50.8 Å². The van der Waals surface area contributed by atoms with Crippen molar-refractivity contribution in [1.29, 1.82) is 0 Å². The first-order chi connectivity index (χ1) is 26.8. The lowest BCUT2D eigenvalue weighted by Gasteiger charge is -2.29. The number of ether oxygens (including phenoxy) is 1. The third-order valence-electron chi connectivity index (χ3n) is 11.1. The summed E-state index contributed by atoms with van der Waals surface area (Å²) in [5.41, 5.74) is 15.1. The summed E-state index contributed by atoms with van der Waals surface area (Å²) in [6, 6.07) is 56.0. The highest BCUT2D eigenvalue weighted by molar-refractivity contribution is 6.24. The van der Waals surface area contributed by atoms with E-state index in [0.717, 1.165) is 89.5 Å². The largest absolute Gasteiger partial charge is 0.456 e. The SMILES string of the molecule is C1=Cc2ccccc2N(c2ccc3c(c2)Oc2cccc4c2c-3cc2oc3cc(N5c6ccccc6C=Cc6ccccc65)ccc3c24)c2ccccc21. The average molecular weight is 691 g/mol. The summed E-state index contributed by atoms with van der Waals surface area (Å²) in [5, 5.41) is 4.41. The number of benzene rings is 8. The maximum absolute atomic E-state index is 6.83. The topological polar surface area (TPSA) is 28.9 Å². The monoisotopic (exact) mass is 690 g/mol. The molecule has 0 saturated heterocycles. The molecule has 0 spiro atoms. The van der Waals surface area contributed by atoms with Gasteiger partial charge in [0.1, 0.15) is 22.7 Å². The van der Waals surface area contributed by atoms with E-state index in [4.69, 9.17) is 9.15 Å². The van der Waals surface area contributed by atoms with Crippen LogP contribution in [0, 0.1) is 0 Å². The molecule has 4 heterocycles. The van der Waals surface area contributed by atoms with Crippen LogP contribution in [0.15, 0.2) is 162 Å². The zero-order valence-electron chi connectivity index (χ0n) is 29.0. The Morgan fingerprint density at radius 3 is 1.48 bits per heavy atom. The molecular weight excluding hydrogens is 661 g/mol. The van der Waals surface area contributed by atoms with Crippen LogP contribution < -0.4 is 14.5 Å². The number of para-hydroxylation sites is 4. The summed E-state index contributed by atoms with van der Waals surface area (Å²) in [4.78, 5) is 4.67. The maximum atomic E-state index is 6.83. The van der Waals surface area contributed by atoms with Crippen LogP contribution in [0.5, 0.6) is 11.5 Å². The van der Waals surface area contributed by atoms with Gasteiger partial charge in [-0.2, -0.15) is 0 Å². The Balaban J connectivity index is 1.02. The second kappa shape index (κ2) is 11.1. The summed E-state index contributed by atoms with van der Waals surface area (Å²) in [6.45, 7) is 0. The maximum Gasteiger partial charge on any atom is 0.137 e. The molecule has 9 aromatic rings. The Kier molecular flexibility index (Phi) is 6.02. The van der Waals surface area contributed by atoms with E-state index in [-0.39, 0.29) is 0 Å². The van der Waals surface area contributed by atoms with Crippen molar-refractivity contribution in [3.63, 3.8) is 0 Å². The third kappa shape index (κ3) is 4.19. The summed E-state index contributed by atoms with van der Waals surface area (Å²) >= 11 is 0. The van der Waals surface area contributed by atoms with Crippen LogP contribution >= 0.6 is 0 Å². The van der Waals surface area contributed by atoms with Crippen molar-refractivity contribution < 1.29 is 9.15 Å². The third-order valence-corrected chi connectivity index (χ3v) is 11.1. The van der Waals surface area contributed by atoms with Crippen LogP contribution in [0.3, 0.4) is 0 Å². The molecule has 0 saturated carbocycles. The summed E-state index contributed by atoms with van der Waals surface area (Å²) in [5.74, 6) is 1.67. The molecule has 12 rings (SSSR count). The van der Waals surface area contributed by atoms with E-state index >= 15 is 0 Å². The van der Waals surface area contributed by atoms with Crippen molar-refractivity contribution in [3.05, 3.63) is 180 Å². The number of rotatable bonds is 2. The molecule has 4 nitrogen and oxygen atoms in total. The van der Waals surface area contributed by atoms with Gasteiger partial charge in [-0.3, -0.25) is 0 Å². The Morgan fingerprint density at radius 2 is 0.889 bits per heavy atom. The zero-order valence-corrected chi connectivity index (χ0v) is 29.0. The van der Waals surface area contributed by atoms with Crippen molar-refractivity contribution >= 4 is 91.1 Å². The highest BCUT2D eigenvalue weighted by Gasteiger charge is 2.27. The predicted molar refractivity (Wildman–Crippen MR) is 224 cm³/mol. The van der Waals surface area contributed by atoms with E-state index in [1.54, 1.807) is 0 Å². The molecule has 0 radical (unpaired) electrons. The van der Waals surface area contributed by atoms with Crippen LogP contribution in [0.1, 0.15) is 22.3 Å². The molecular formula is C50H30N2O2. The summed E-state index contributed by atoms with van der Waals surface area (Å²) < 4.78 is 13.7. The summed E-state index contributed by atoms with van der Waals surface area (Å²) in [7, 11) is 0. The van der Waals surface area contributed by atoms with E-state index in [1.165, 1.54) is 22.3 Å². The minimum Gasteiger partial charge on any atom is -0.456 e. The van der Waals surface area contributed by atoms with Crippen molar-refractivity contribution in [1.82, 2.24) is 0 Å². The zero-order chi connectivity index (χ0) is 35.3. The van der Waals surface area contributed by atoms with E-state index in [2.05, 4.69) is 192 Å². The van der Waals surface area contributed by atoms with Crippen molar-refractivity contribution in [2.45, 2.75) is 0 Å². The minimum atomic E-state index is 0.824. The van der Waals surface area contributed by atoms with Gasteiger partial charge in [-0.1, -0.05) is 109 Å². The molecule has 0 atom stereocenters. The van der Waals surface area contributed by atoms with E-state index in [0.29, 0.717) is 0 Å². The predicted octanol–water partition coefficient (Wildman–Crippen LogP) is 14.4. The summed E-state index contributed by atoms with van der Waals surface area (Å²) in [6.07, 6.45) is 8.80. The van der Waals surface area contributed by atoms with E-state index in [9.17, 15) is 0 Å². The molecule has 0 unspecified atom stereocenters. The lowest BCUT2D eigenvalue weighted by molar-refractivity contribution is 0.487. The van der Waals surface area contributed by atoms with Gasteiger partial charge in [0.15, 0.2) is 0 Å². The van der Waals surface area contributed by atoms with E-state index < -0.39 is 0 Å². The quantitative estimate of drug-likeness (QED) is 0.181. The smallest absolute Gasteiger partial charge is 0.137 e. The van der Waals surface area contributed by atoms with Gasteiger partial charge in [-0.05, 0) is 88.3 Å². The molecule has 54 heavy (non-hydrogen) atoms. The number of hydrogen-bond donors (Lipinski definition) is 0. The molecule has 4 heteroatoms. The van der Waals surface area contributed by atoms with Crippen molar-refractivity contribution in [3.8, 4) is 22.6 Å². The van der Waals surface area contributed by atoms with Crippen molar-refractivity contribution in [2.24, 2.45) is 0 Å². The molecule has 0 aliphatic carbocycles. The van der Waals surface area contributed by atoms with Crippen LogP contribution in [-0.4, -0.2) is 0 Å². The first-order valence-electron chi connectivity index (χ1n) is 18.3. The minimum absolute atomic E-state index is 0.824. The lowest BCUT2D eigenvalue weighted by atomic mass is 9.92. The molecule has 0 N–H and O–H groups in total. The van der Waals surface area contributed by atoms with Gasteiger partial charge >= 0.3 is 0 Å². The van der Waals surface area contributed by atoms with Crippen LogP contribution in [-0.2, 0) is 0 Å². The molecule has 0 bridgehead atoms. The molecule has 8 aromatic carbocycles. The van der Waals surface area contributed by atoms with Crippen LogP contribution in [0.2, 0.25) is 0 Å². The Labute approximate surface area is 311 Å². The number of furan rings is 1. The first kappa shape index (κ1) is 29.3. The average Bonchev–Trinajstić information content (AvgIpc) is 3.38. The van der Waals surface area contributed by atoms with Gasteiger partial charge in [0.25, 0.3) is 0 Å². The Bertz CT molecular complexity index is 3010. The number of fused-ring (bicyclic) bond motifs is 10. The fourth-order valence-electron chi connectivity index (χ4n) is 8.72. The first-order valence-corrected chi connectivity index (χ1v) is 18.3.